The van der Waals surface area contributed by atoms with Crippen LogP contribution < -0.4 is 5.32 Å². The van der Waals surface area contributed by atoms with E-state index in [0.29, 0.717) is 29.6 Å². The number of piperidine rings is 1. The number of nitrogens with one attached hydrogen (secondary N) is 1. The summed E-state index contributed by atoms with van der Waals surface area (Å²) in [6, 6.07) is 5.60. The van der Waals surface area contributed by atoms with Gasteiger partial charge in [0.1, 0.15) is 5.82 Å². The van der Waals surface area contributed by atoms with Crippen molar-refractivity contribution in [1.29, 1.82) is 0 Å². The van der Waals surface area contributed by atoms with Crippen molar-refractivity contribution >= 4 is 29.0 Å². The first-order valence-corrected chi connectivity index (χ1v) is 9.70. The van der Waals surface area contributed by atoms with Crippen LogP contribution in [0.15, 0.2) is 30.6 Å². The van der Waals surface area contributed by atoms with Crippen molar-refractivity contribution in [2.24, 2.45) is 0 Å². The largest absolute Gasteiger partial charge is 0.380 e. The molecule has 0 bridgehead atoms. The molecule has 0 radical (unpaired) electrons. The molecule has 7 heteroatoms. The number of aryl methyl sites for hydroxylation is 1. The lowest BCUT2D eigenvalue weighted by Gasteiger charge is -2.35. The summed E-state index contributed by atoms with van der Waals surface area (Å²) < 4.78 is 5.56. The molecule has 0 saturated carbocycles. The summed E-state index contributed by atoms with van der Waals surface area (Å²) in [7, 11) is 0. The van der Waals surface area contributed by atoms with E-state index in [0.717, 1.165) is 37.2 Å². The van der Waals surface area contributed by atoms with Crippen molar-refractivity contribution in [3.8, 4) is 0 Å². The molecule has 2 aromatic heterocycles. The number of hydrogen-bond acceptors (Lipinski definition) is 5. The van der Waals surface area contributed by atoms with Gasteiger partial charge < -0.3 is 15.0 Å². The average Bonchev–Trinajstić information content (AvgIpc) is 2.69. The van der Waals surface area contributed by atoms with Crippen molar-refractivity contribution in [3.63, 3.8) is 0 Å². The SMILES string of the molecule is CCOCC1CCCCN1C(=O)c1cnc(Nc2ccc(C)nc2)c(Cl)c1. The Labute approximate surface area is 164 Å². The molecule has 0 spiro atoms. The molecular weight excluding hydrogens is 364 g/mol. The second kappa shape index (κ2) is 9.15. The molecule has 1 aliphatic heterocycles. The Bertz CT molecular complexity index is 782. The van der Waals surface area contributed by atoms with Gasteiger partial charge in [-0.2, -0.15) is 0 Å². The average molecular weight is 389 g/mol. The third-order valence-electron chi connectivity index (χ3n) is 4.66. The van der Waals surface area contributed by atoms with Crippen LogP contribution in [-0.2, 0) is 4.74 Å². The summed E-state index contributed by atoms with van der Waals surface area (Å²) in [5.74, 6) is 0.459. The Balaban J connectivity index is 1.73. The predicted molar refractivity (Wildman–Crippen MR) is 107 cm³/mol. The fourth-order valence-electron chi connectivity index (χ4n) is 3.19. The molecule has 1 N–H and O–H groups in total. The summed E-state index contributed by atoms with van der Waals surface area (Å²) in [5, 5.41) is 3.53. The lowest BCUT2D eigenvalue weighted by atomic mass is 10.0. The van der Waals surface area contributed by atoms with E-state index in [9.17, 15) is 4.79 Å². The van der Waals surface area contributed by atoms with Crippen molar-refractivity contribution in [1.82, 2.24) is 14.9 Å². The van der Waals surface area contributed by atoms with Crippen molar-refractivity contribution in [2.45, 2.75) is 39.2 Å². The molecule has 1 atom stereocenters. The number of carbonyl (C=O) groups excluding carboxylic acids is 1. The van der Waals surface area contributed by atoms with Crippen LogP contribution in [0.25, 0.3) is 0 Å². The number of aromatic nitrogens is 2. The zero-order valence-corrected chi connectivity index (χ0v) is 16.5. The van der Waals surface area contributed by atoms with Gasteiger partial charge in [0, 0.05) is 25.0 Å². The van der Waals surface area contributed by atoms with Crippen LogP contribution >= 0.6 is 11.6 Å². The molecule has 6 nitrogen and oxygen atoms in total. The van der Waals surface area contributed by atoms with Crippen LogP contribution in [0.1, 0.15) is 42.2 Å². The minimum absolute atomic E-state index is 0.0441. The lowest BCUT2D eigenvalue weighted by Crippen LogP contribution is -2.46. The smallest absolute Gasteiger partial charge is 0.255 e. The van der Waals surface area contributed by atoms with Crippen LogP contribution in [0, 0.1) is 6.92 Å². The van der Waals surface area contributed by atoms with Crippen LogP contribution in [0.3, 0.4) is 0 Å². The van der Waals surface area contributed by atoms with Gasteiger partial charge in [-0.15, -0.1) is 0 Å². The van der Waals surface area contributed by atoms with E-state index in [1.165, 1.54) is 0 Å². The van der Waals surface area contributed by atoms with Gasteiger partial charge in [0.05, 0.1) is 35.1 Å². The van der Waals surface area contributed by atoms with E-state index < -0.39 is 0 Å². The quantitative estimate of drug-likeness (QED) is 0.802. The van der Waals surface area contributed by atoms with E-state index in [2.05, 4.69) is 15.3 Å². The number of anilines is 2. The van der Waals surface area contributed by atoms with Crippen LogP contribution in [-0.4, -0.2) is 46.6 Å². The second-order valence-electron chi connectivity index (χ2n) is 6.68. The van der Waals surface area contributed by atoms with Gasteiger partial charge in [0.2, 0.25) is 0 Å². The number of ether oxygens (including phenoxy) is 1. The molecule has 3 rings (SSSR count). The maximum Gasteiger partial charge on any atom is 0.255 e. The predicted octanol–water partition coefficient (Wildman–Crippen LogP) is 4.21. The first-order valence-electron chi connectivity index (χ1n) is 9.32. The minimum atomic E-state index is -0.0441. The highest BCUT2D eigenvalue weighted by Gasteiger charge is 2.28. The number of likely N-dealkylation sites (tertiary alicyclic amines) is 1. The molecule has 0 aromatic carbocycles. The van der Waals surface area contributed by atoms with Crippen molar-refractivity contribution < 1.29 is 9.53 Å². The Morgan fingerprint density at radius 1 is 1.33 bits per heavy atom. The number of rotatable bonds is 6. The van der Waals surface area contributed by atoms with E-state index >= 15 is 0 Å². The Kier molecular flexibility index (Phi) is 6.63. The molecule has 1 aliphatic rings. The lowest BCUT2D eigenvalue weighted by molar-refractivity contribution is 0.0342. The summed E-state index contributed by atoms with van der Waals surface area (Å²) in [6.07, 6.45) is 6.39. The molecule has 1 unspecified atom stereocenters. The zero-order chi connectivity index (χ0) is 19.2. The Morgan fingerprint density at radius 3 is 2.89 bits per heavy atom. The number of amides is 1. The van der Waals surface area contributed by atoms with E-state index in [1.54, 1.807) is 18.5 Å². The third kappa shape index (κ3) is 4.96. The first-order chi connectivity index (χ1) is 13.1. The molecule has 1 amide bonds. The molecular formula is C20H25ClN4O2. The Hall–Kier alpha value is -2.18. The highest BCUT2D eigenvalue weighted by atomic mass is 35.5. The first kappa shape index (κ1) is 19.6. The van der Waals surface area contributed by atoms with E-state index in [-0.39, 0.29) is 11.9 Å². The van der Waals surface area contributed by atoms with E-state index in [1.807, 2.05) is 30.9 Å². The van der Waals surface area contributed by atoms with Crippen molar-refractivity contribution in [3.05, 3.63) is 46.9 Å². The maximum absolute atomic E-state index is 13.0. The summed E-state index contributed by atoms with van der Waals surface area (Å²) >= 11 is 6.37. The monoisotopic (exact) mass is 388 g/mol. The molecule has 3 heterocycles. The minimum Gasteiger partial charge on any atom is -0.380 e. The molecule has 2 aromatic rings. The molecule has 0 aliphatic carbocycles. The number of carbonyl (C=O) groups is 1. The zero-order valence-electron chi connectivity index (χ0n) is 15.7. The summed E-state index contributed by atoms with van der Waals surface area (Å²) in [6.45, 7) is 5.86. The van der Waals surface area contributed by atoms with E-state index in [4.69, 9.17) is 16.3 Å². The van der Waals surface area contributed by atoms with Crippen LogP contribution in [0.5, 0.6) is 0 Å². The van der Waals surface area contributed by atoms with Gasteiger partial charge in [-0.25, -0.2) is 4.98 Å². The molecule has 27 heavy (non-hydrogen) atoms. The second-order valence-corrected chi connectivity index (χ2v) is 7.08. The summed E-state index contributed by atoms with van der Waals surface area (Å²) in [5.41, 5.74) is 2.22. The topological polar surface area (TPSA) is 67.3 Å². The third-order valence-corrected chi connectivity index (χ3v) is 4.95. The van der Waals surface area contributed by atoms with Gasteiger partial charge in [0.15, 0.2) is 0 Å². The highest BCUT2D eigenvalue weighted by molar-refractivity contribution is 6.33. The number of nitrogens with zero attached hydrogens (tertiary/aromatic N) is 3. The standard InChI is InChI=1S/C20H25ClN4O2/c1-3-27-13-17-6-4-5-9-25(17)20(26)15-10-18(21)19(23-11-15)24-16-8-7-14(2)22-12-16/h7-8,10-12,17H,3-6,9,13H2,1-2H3,(H,23,24). The summed E-state index contributed by atoms with van der Waals surface area (Å²) in [4.78, 5) is 23.5. The van der Waals surface area contributed by atoms with Gasteiger partial charge >= 0.3 is 0 Å². The number of pyridine rings is 2. The van der Waals surface area contributed by atoms with Gasteiger partial charge in [0.25, 0.3) is 5.91 Å². The molecule has 1 fully saturated rings. The van der Waals surface area contributed by atoms with Crippen LogP contribution in [0.4, 0.5) is 11.5 Å². The fourth-order valence-corrected chi connectivity index (χ4v) is 3.40. The van der Waals surface area contributed by atoms with Crippen molar-refractivity contribution in [2.75, 3.05) is 25.1 Å². The van der Waals surface area contributed by atoms with Gasteiger partial charge in [-0.3, -0.25) is 9.78 Å². The highest BCUT2D eigenvalue weighted by Crippen LogP contribution is 2.26. The van der Waals surface area contributed by atoms with Crippen LogP contribution in [0.2, 0.25) is 5.02 Å². The number of halogens is 1. The Morgan fingerprint density at radius 2 is 2.19 bits per heavy atom. The number of hydrogen-bond donors (Lipinski definition) is 1. The maximum atomic E-state index is 13.0. The molecule has 144 valence electrons. The molecule has 1 saturated heterocycles. The normalized spacial score (nSPS) is 17.0. The van der Waals surface area contributed by atoms with Gasteiger partial charge in [-0.1, -0.05) is 11.6 Å². The fraction of sp³-hybridized carbons (Fsp3) is 0.450. The van der Waals surface area contributed by atoms with Gasteiger partial charge in [-0.05, 0) is 51.3 Å².